The number of hydrogen-bond donors (Lipinski definition) is 0. The average Bonchev–Trinajstić information content (AvgIpc) is 2.03. The van der Waals surface area contributed by atoms with E-state index in [0.29, 0.717) is 10.8 Å². The van der Waals surface area contributed by atoms with Gasteiger partial charge in [-0.15, -0.1) is 0 Å². The molecule has 1 heterocycles. The summed E-state index contributed by atoms with van der Waals surface area (Å²) in [4.78, 5) is 2.63. The summed E-state index contributed by atoms with van der Waals surface area (Å²) in [5.41, 5.74) is 0.812. The standard InChI is InChI=1S/C12H25NS/c1-11(2,3)12(4,5)10-13-6-8-14-9-7-13/h6-10H2,1-5H3. The van der Waals surface area contributed by atoms with Gasteiger partial charge in [0, 0.05) is 31.1 Å². The van der Waals surface area contributed by atoms with Crippen LogP contribution in [0.25, 0.3) is 0 Å². The lowest BCUT2D eigenvalue weighted by Gasteiger charge is -2.43. The Labute approximate surface area is 93.6 Å². The Kier molecular flexibility index (Phi) is 3.93. The molecule has 0 atom stereocenters. The van der Waals surface area contributed by atoms with Gasteiger partial charge in [0.25, 0.3) is 0 Å². The first kappa shape index (κ1) is 12.4. The van der Waals surface area contributed by atoms with E-state index in [9.17, 15) is 0 Å². The van der Waals surface area contributed by atoms with Crippen molar-refractivity contribution in [2.45, 2.75) is 34.6 Å². The minimum atomic E-state index is 0.400. The van der Waals surface area contributed by atoms with Gasteiger partial charge in [-0.2, -0.15) is 11.8 Å². The first-order chi connectivity index (χ1) is 6.33. The molecule has 0 amide bonds. The molecule has 0 N–H and O–H groups in total. The van der Waals surface area contributed by atoms with Crippen LogP contribution < -0.4 is 0 Å². The van der Waals surface area contributed by atoms with E-state index < -0.39 is 0 Å². The molecule has 0 spiro atoms. The van der Waals surface area contributed by atoms with Gasteiger partial charge in [-0.3, -0.25) is 0 Å². The molecular weight excluding hydrogens is 190 g/mol. The van der Waals surface area contributed by atoms with Crippen molar-refractivity contribution in [3.63, 3.8) is 0 Å². The number of thioether (sulfide) groups is 1. The largest absolute Gasteiger partial charge is 0.301 e. The number of hydrogen-bond acceptors (Lipinski definition) is 2. The molecule has 0 aromatic rings. The SMILES string of the molecule is CC(C)(C)C(C)(C)CN1CCSCC1. The van der Waals surface area contributed by atoms with Gasteiger partial charge >= 0.3 is 0 Å². The second-order valence-corrected chi connectivity index (χ2v) is 7.25. The first-order valence-electron chi connectivity index (χ1n) is 5.63. The zero-order valence-corrected chi connectivity index (χ0v) is 11.2. The fraction of sp³-hybridized carbons (Fsp3) is 1.00. The maximum Gasteiger partial charge on any atom is 0.00729 e. The molecule has 0 bridgehead atoms. The lowest BCUT2D eigenvalue weighted by atomic mass is 9.69. The summed E-state index contributed by atoms with van der Waals surface area (Å²) in [5.74, 6) is 2.64. The van der Waals surface area contributed by atoms with Gasteiger partial charge in [0.05, 0.1) is 0 Å². The molecule has 0 aliphatic carbocycles. The first-order valence-corrected chi connectivity index (χ1v) is 6.78. The molecule has 84 valence electrons. The van der Waals surface area contributed by atoms with Crippen LogP contribution in [0.3, 0.4) is 0 Å². The highest BCUT2D eigenvalue weighted by atomic mass is 32.2. The van der Waals surface area contributed by atoms with E-state index in [4.69, 9.17) is 0 Å². The molecule has 0 aromatic carbocycles. The van der Waals surface area contributed by atoms with E-state index in [1.807, 2.05) is 0 Å². The summed E-state index contributed by atoms with van der Waals surface area (Å²) < 4.78 is 0. The molecule has 0 saturated carbocycles. The second-order valence-electron chi connectivity index (χ2n) is 6.02. The number of nitrogens with zero attached hydrogens (tertiary/aromatic N) is 1. The summed E-state index contributed by atoms with van der Waals surface area (Å²) in [6, 6.07) is 0. The molecule has 1 aliphatic heterocycles. The summed E-state index contributed by atoms with van der Waals surface area (Å²) >= 11 is 2.09. The van der Waals surface area contributed by atoms with Crippen LogP contribution in [0, 0.1) is 10.8 Å². The van der Waals surface area contributed by atoms with E-state index in [2.05, 4.69) is 51.3 Å². The quantitative estimate of drug-likeness (QED) is 0.696. The average molecular weight is 215 g/mol. The van der Waals surface area contributed by atoms with Crippen molar-refractivity contribution in [1.82, 2.24) is 4.90 Å². The van der Waals surface area contributed by atoms with Crippen molar-refractivity contribution in [1.29, 1.82) is 0 Å². The fourth-order valence-corrected chi connectivity index (χ4v) is 2.53. The predicted octanol–water partition coefficient (Wildman–Crippen LogP) is 3.11. The van der Waals surface area contributed by atoms with Crippen molar-refractivity contribution in [2.75, 3.05) is 31.1 Å². The van der Waals surface area contributed by atoms with Crippen LogP contribution in [0.5, 0.6) is 0 Å². The van der Waals surface area contributed by atoms with Crippen LogP contribution >= 0.6 is 11.8 Å². The molecule has 0 aromatic heterocycles. The van der Waals surface area contributed by atoms with Crippen molar-refractivity contribution in [3.8, 4) is 0 Å². The van der Waals surface area contributed by atoms with Gasteiger partial charge in [-0.1, -0.05) is 34.6 Å². The topological polar surface area (TPSA) is 3.24 Å². The highest BCUT2D eigenvalue weighted by molar-refractivity contribution is 7.99. The molecule has 14 heavy (non-hydrogen) atoms. The van der Waals surface area contributed by atoms with Crippen LogP contribution in [-0.4, -0.2) is 36.0 Å². The lowest BCUT2D eigenvalue weighted by Crippen LogP contribution is -2.44. The van der Waals surface area contributed by atoms with E-state index >= 15 is 0 Å². The molecule has 0 radical (unpaired) electrons. The van der Waals surface area contributed by atoms with Gasteiger partial charge < -0.3 is 4.90 Å². The molecular formula is C12H25NS. The van der Waals surface area contributed by atoms with E-state index in [1.54, 1.807) is 0 Å². The summed E-state index contributed by atoms with van der Waals surface area (Å²) in [6.07, 6.45) is 0. The predicted molar refractivity (Wildman–Crippen MR) is 67.0 cm³/mol. The Morgan fingerprint density at radius 2 is 1.50 bits per heavy atom. The minimum absolute atomic E-state index is 0.400. The maximum absolute atomic E-state index is 2.63. The Morgan fingerprint density at radius 3 is 1.93 bits per heavy atom. The Hall–Kier alpha value is 0.310. The maximum atomic E-state index is 2.63. The van der Waals surface area contributed by atoms with Gasteiger partial charge in [0.15, 0.2) is 0 Å². The zero-order valence-electron chi connectivity index (χ0n) is 10.4. The molecule has 2 heteroatoms. The van der Waals surface area contributed by atoms with Gasteiger partial charge in [-0.05, 0) is 10.8 Å². The van der Waals surface area contributed by atoms with E-state index in [0.717, 1.165) is 0 Å². The van der Waals surface area contributed by atoms with Crippen molar-refractivity contribution in [2.24, 2.45) is 10.8 Å². The summed E-state index contributed by atoms with van der Waals surface area (Å²) in [7, 11) is 0. The second kappa shape index (κ2) is 4.44. The Bertz CT molecular complexity index is 175. The van der Waals surface area contributed by atoms with Crippen molar-refractivity contribution in [3.05, 3.63) is 0 Å². The van der Waals surface area contributed by atoms with Crippen LogP contribution in [0.15, 0.2) is 0 Å². The summed E-state index contributed by atoms with van der Waals surface area (Å²) in [5, 5.41) is 0. The van der Waals surface area contributed by atoms with Gasteiger partial charge in [0.2, 0.25) is 0 Å². The smallest absolute Gasteiger partial charge is 0.00729 e. The molecule has 1 aliphatic rings. The summed E-state index contributed by atoms with van der Waals surface area (Å²) in [6.45, 7) is 15.7. The highest BCUT2D eigenvalue weighted by Gasteiger charge is 2.34. The molecule has 0 unspecified atom stereocenters. The van der Waals surface area contributed by atoms with E-state index in [1.165, 1.54) is 31.1 Å². The molecule has 1 nitrogen and oxygen atoms in total. The molecule has 1 rings (SSSR count). The van der Waals surface area contributed by atoms with Crippen LogP contribution in [-0.2, 0) is 0 Å². The van der Waals surface area contributed by atoms with Crippen molar-refractivity contribution < 1.29 is 0 Å². The van der Waals surface area contributed by atoms with Gasteiger partial charge in [0.1, 0.15) is 0 Å². The monoisotopic (exact) mass is 215 g/mol. The third-order valence-electron chi connectivity index (χ3n) is 3.75. The normalized spacial score (nSPS) is 21.2. The Balaban J connectivity index is 2.49. The van der Waals surface area contributed by atoms with Crippen LogP contribution in [0.1, 0.15) is 34.6 Å². The van der Waals surface area contributed by atoms with Crippen molar-refractivity contribution >= 4 is 11.8 Å². The number of rotatable bonds is 2. The Morgan fingerprint density at radius 1 is 1.00 bits per heavy atom. The third-order valence-corrected chi connectivity index (χ3v) is 4.70. The molecule has 1 fully saturated rings. The van der Waals surface area contributed by atoms with Crippen LogP contribution in [0.2, 0.25) is 0 Å². The zero-order chi connectivity index (χ0) is 10.8. The molecule has 1 saturated heterocycles. The third kappa shape index (κ3) is 3.16. The van der Waals surface area contributed by atoms with Gasteiger partial charge in [-0.25, -0.2) is 0 Å². The minimum Gasteiger partial charge on any atom is -0.301 e. The van der Waals surface area contributed by atoms with Crippen LogP contribution in [0.4, 0.5) is 0 Å². The van der Waals surface area contributed by atoms with E-state index in [-0.39, 0.29) is 0 Å². The lowest BCUT2D eigenvalue weighted by molar-refractivity contribution is 0.0750. The fourth-order valence-electron chi connectivity index (χ4n) is 1.56. The highest BCUT2D eigenvalue weighted by Crippen LogP contribution is 2.38.